The number of likely N-dealkylation sites (tertiary alicyclic amines) is 1. The van der Waals surface area contributed by atoms with Crippen LogP contribution < -0.4 is 0 Å². The monoisotopic (exact) mass is 577 g/mol. The van der Waals surface area contributed by atoms with E-state index in [-0.39, 0.29) is 21.8 Å². The van der Waals surface area contributed by atoms with E-state index in [2.05, 4.69) is 20.8 Å². The van der Waals surface area contributed by atoms with Crippen LogP contribution in [0.3, 0.4) is 0 Å². The predicted octanol–water partition coefficient (Wildman–Crippen LogP) is 2.45. The molecule has 1 N–H and O–H groups in total. The maximum atomic E-state index is 13.2. The van der Waals surface area contributed by atoms with E-state index in [0.29, 0.717) is 31.9 Å². The molecule has 1 atom stereocenters. The third-order valence-corrected chi connectivity index (χ3v) is 8.75. The van der Waals surface area contributed by atoms with E-state index in [1.165, 1.54) is 43.3 Å². The number of ketones is 1. The van der Waals surface area contributed by atoms with E-state index < -0.39 is 27.8 Å². The quantitative estimate of drug-likeness (QED) is 0.306. The van der Waals surface area contributed by atoms with Crippen molar-refractivity contribution in [2.75, 3.05) is 53.5 Å². The Labute approximate surface area is 219 Å². The normalized spacial score (nSPS) is 20.9. The third kappa shape index (κ3) is 5.25. The number of carbonyl (C=O) groups excluding carboxylic acids is 2. The molecule has 192 valence electrons. The van der Waals surface area contributed by atoms with Gasteiger partial charge in [-0.1, -0.05) is 28.1 Å². The molecule has 0 bridgehead atoms. The van der Waals surface area contributed by atoms with Crippen LogP contribution in [0.25, 0.3) is 5.76 Å². The van der Waals surface area contributed by atoms with Crippen molar-refractivity contribution in [1.29, 1.82) is 0 Å². The lowest BCUT2D eigenvalue weighted by Crippen LogP contribution is -2.42. The Kier molecular flexibility index (Phi) is 7.96. The minimum Gasteiger partial charge on any atom is -0.507 e. The van der Waals surface area contributed by atoms with Crippen molar-refractivity contribution in [3.05, 3.63) is 69.7 Å². The van der Waals surface area contributed by atoms with Crippen molar-refractivity contribution in [3.8, 4) is 0 Å². The van der Waals surface area contributed by atoms with E-state index >= 15 is 0 Å². The number of amides is 1. The van der Waals surface area contributed by atoms with Gasteiger partial charge < -0.3 is 14.7 Å². The topological polar surface area (TPSA) is 107 Å². The smallest absolute Gasteiger partial charge is 0.295 e. The fraction of sp³-hybridized carbons (Fsp3) is 0.360. The summed E-state index contributed by atoms with van der Waals surface area (Å²) in [5.74, 6) is -1.79. The van der Waals surface area contributed by atoms with E-state index in [9.17, 15) is 23.1 Å². The van der Waals surface area contributed by atoms with Crippen LogP contribution >= 0.6 is 15.9 Å². The molecule has 4 rings (SSSR count). The molecular weight excluding hydrogens is 550 g/mol. The zero-order chi connectivity index (χ0) is 26.0. The standard InChI is InChI=1S/C25H28BrN3O6S/c1-27(2)36(33,34)20-9-5-18(6-10-20)23(30)21-22(17-3-7-19(26)8-4-17)29(25(32)24(21)31)12-11-28-13-15-35-16-14-28/h3-10,22,30H,11-16H2,1-2H3/t22-/m1/s1. The highest BCUT2D eigenvalue weighted by Crippen LogP contribution is 2.39. The first-order chi connectivity index (χ1) is 17.1. The van der Waals surface area contributed by atoms with Crippen LogP contribution in [0.15, 0.2) is 63.5 Å². The Morgan fingerprint density at radius 1 is 1.03 bits per heavy atom. The number of morpholine rings is 1. The largest absolute Gasteiger partial charge is 0.507 e. The van der Waals surface area contributed by atoms with E-state index in [4.69, 9.17) is 4.74 Å². The molecule has 2 aromatic rings. The lowest BCUT2D eigenvalue weighted by Gasteiger charge is -2.31. The number of aliphatic hydroxyl groups is 1. The number of Topliss-reactive ketones (excluding diaryl/α,β-unsaturated/α-hetero) is 1. The predicted molar refractivity (Wildman–Crippen MR) is 138 cm³/mol. The molecule has 2 saturated heterocycles. The zero-order valence-electron chi connectivity index (χ0n) is 20.1. The summed E-state index contributed by atoms with van der Waals surface area (Å²) in [6, 6.07) is 12.1. The highest BCUT2D eigenvalue weighted by molar-refractivity contribution is 9.10. The van der Waals surface area contributed by atoms with Gasteiger partial charge in [0, 0.05) is 50.3 Å². The lowest BCUT2D eigenvalue weighted by atomic mass is 9.95. The van der Waals surface area contributed by atoms with Gasteiger partial charge in [0.1, 0.15) is 5.76 Å². The summed E-state index contributed by atoms with van der Waals surface area (Å²) in [5, 5.41) is 11.2. The van der Waals surface area contributed by atoms with Gasteiger partial charge in [-0.15, -0.1) is 0 Å². The van der Waals surface area contributed by atoms with Gasteiger partial charge in [-0.25, -0.2) is 12.7 Å². The molecule has 0 unspecified atom stereocenters. The first kappa shape index (κ1) is 26.5. The number of nitrogens with zero attached hydrogens (tertiary/aromatic N) is 3. The summed E-state index contributed by atoms with van der Waals surface area (Å²) in [7, 11) is -0.794. The number of sulfonamides is 1. The van der Waals surface area contributed by atoms with E-state index in [1.54, 1.807) is 0 Å². The van der Waals surface area contributed by atoms with Crippen LogP contribution in [0.2, 0.25) is 0 Å². The summed E-state index contributed by atoms with van der Waals surface area (Å²) in [6.07, 6.45) is 0. The third-order valence-electron chi connectivity index (χ3n) is 6.39. The number of halogens is 1. The molecule has 1 amide bonds. The summed E-state index contributed by atoms with van der Waals surface area (Å²) in [4.78, 5) is 30.0. The molecule has 11 heteroatoms. The minimum atomic E-state index is -3.65. The van der Waals surface area contributed by atoms with Crippen LogP contribution in [-0.2, 0) is 24.3 Å². The maximum absolute atomic E-state index is 13.2. The number of rotatable bonds is 7. The molecule has 2 aliphatic heterocycles. The highest BCUT2D eigenvalue weighted by Gasteiger charge is 2.46. The van der Waals surface area contributed by atoms with Crippen LogP contribution in [0, 0.1) is 0 Å². The molecule has 0 spiro atoms. The average Bonchev–Trinajstić information content (AvgIpc) is 3.13. The number of ether oxygens (including phenoxy) is 1. The van der Waals surface area contributed by atoms with Gasteiger partial charge in [-0.3, -0.25) is 14.5 Å². The highest BCUT2D eigenvalue weighted by atomic mass is 79.9. The summed E-state index contributed by atoms with van der Waals surface area (Å²) in [5.41, 5.74) is 0.918. The molecular formula is C25H28BrN3O6S. The number of benzene rings is 2. The molecule has 0 aliphatic carbocycles. The van der Waals surface area contributed by atoms with Crippen molar-refractivity contribution >= 4 is 43.4 Å². The van der Waals surface area contributed by atoms with Crippen molar-refractivity contribution in [3.63, 3.8) is 0 Å². The number of hydrogen-bond acceptors (Lipinski definition) is 7. The number of carbonyl (C=O) groups is 2. The van der Waals surface area contributed by atoms with Crippen LogP contribution in [-0.4, -0.2) is 92.8 Å². The van der Waals surface area contributed by atoms with Crippen molar-refractivity contribution in [2.45, 2.75) is 10.9 Å². The Bertz CT molecular complexity index is 1270. The van der Waals surface area contributed by atoms with Crippen LogP contribution in [0.5, 0.6) is 0 Å². The van der Waals surface area contributed by atoms with Gasteiger partial charge in [0.15, 0.2) is 0 Å². The Morgan fingerprint density at radius 2 is 1.64 bits per heavy atom. The number of aliphatic hydroxyl groups excluding tert-OH is 1. The average molecular weight is 578 g/mol. The zero-order valence-corrected chi connectivity index (χ0v) is 22.5. The van der Waals surface area contributed by atoms with E-state index in [0.717, 1.165) is 21.9 Å². The SMILES string of the molecule is CN(C)S(=O)(=O)c1ccc(C(O)=C2C(=O)C(=O)N(CCN3CCOCC3)[C@@H]2c2ccc(Br)cc2)cc1. The first-order valence-corrected chi connectivity index (χ1v) is 13.7. The second-order valence-electron chi connectivity index (χ2n) is 8.81. The van der Waals surface area contributed by atoms with Gasteiger partial charge >= 0.3 is 0 Å². The van der Waals surface area contributed by atoms with Gasteiger partial charge in [0.05, 0.1) is 29.7 Å². The molecule has 2 aromatic carbocycles. The lowest BCUT2D eigenvalue weighted by molar-refractivity contribution is -0.140. The molecule has 0 saturated carbocycles. The molecule has 0 radical (unpaired) electrons. The Morgan fingerprint density at radius 3 is 2.22 bits per heavy atom. The van der Waals surface area contributed by atoms with Crippen molar-refractivity contribution in [2.24, 2.45) is 0 Å². The van der Waals surface area contributed by atoms with Gasteiger partial charge in [0.2, 0.25) is 10.0 Å². The second kappa shape index (κ2) is 10.8. The molecule has 2 fully saturated rings. The Hall–Kier alpha value is -2.57. The number of hydrogen-bond donors (Lipinski definition) is 1. The van der Waals surface area contributed by atoms with Crippen LogP contribution in [0.1, 0.15) is 17.2 Å². The minimum absolute atomic E-state index is 0.0208. The first-order valence-electron chi connectivity index (χ1n) is 11.5. The van der Waals surface area contributed by atoms with Gasteiger partial charge in [0.25, 0.3) is 11.7 Å². The molecule has 2 heterocycles. The molecule has 2 aliphatic rings. The summed E-state index contributed by atoms with van der Waals surface area (Å²) >= 11 is 3.41. The van der Waals surface area contributed by atoms with Crippen LogP contribution in [0.4, 0.5) is 0 Å². The fourth-order valence-corrected chi connectivity index (χ4v) is 5.49. The van der Waals surface area contributed by atoms with Gasteiger partial charge in [-0.2, -0.15) is 0 Å². The summed E-state index contributed by atoms with van der Waals surface area (Å²) < 4.78 is 32.1. The Balaban J connectivity index is 1.72. The maximum Gasteiger partial charge on any atom is 0.295 e. The summed E-state index contributed by atoms with van der Waals surface area (Å²) in [6.45, 7) is 3.61. The second-order valence-corrected chi connectivity index (χ2v) is 11.9. The van der Waals surface area contributed by atoms with Crippen molar-refractivity contribution < 1.29 is 27.9 Å². The fourth-order valence-electron chi connectivity index (χ4n) is 4.33. The molecule has 0 aromatic heterocycles. The molecule has 9 nitrogen and oxygen atoms in total. The van der Waals surface area contributed by atoms with Crippen molar-refractivity contribution in [1.82, 2.24) is 14.1 Å². The van der Waals surface area contributed by atoms with E-state index in [1.807, 2.05) is 24.3 Å². The van der Waals surface area contributed by atoms with Gasteiger partial charge in [-0.05, 0) is 42.0 Å². The molecule has 36 heavy (non-hydrogen) atoms.